The minimum atomic E-state index is -0.128. The molecular weight excluding hydrogens is 216 g/mol. The van der Waals surface area contributed by atoms with Crippen molar-refractivity contribution >= 4 is 5.91 Å². The van der Waals surface area contributed by atoms with Crippen molar-refractivity contribution in [3.05, 3.63) is 12.2 Å². The largest absolute Gasteiger partial charge is 0.346 e. The van der Waals surface area contributed by atoms with E-state index in [0.29, 0.717) is 5.82 Å². The van der Waals surface area contributed by atoms with Gasteiger partial charge in [-0.05, 0) is 17.8 Å². The molecule has 1 heterocycles. The molecule has 1 aliphatic carbocycles. The van der Waals surface area contributed by atoms with Gasteiger partial charge < -0.3 is 5.32 Å². The Morgan fingerprint density at radius 1 is 1.41 bits per heavy atom. The van der Waals surface area contributed by atoms with Gasteiger partial charge in [-0.15, -0.1) is 0 Å². The number of rotatable bonds is 3. The topological polar surface area (TPSA) is 70.7 Å². The molecule has 0 spiro atoms. The Labute approximate surface area is 101 Å². The maximum Gasteiger partial charge on any atom is 0.224 e. The van der Waals surface area contributed by atoms with E-state index in [-0.39, 0.29) is 28.7 Å². The van der Waals surface area contributed by atoms with Crippen molar-refractivity contribution in [3.63, 3.8) is 0 Å². The summed E-state index contributed by atoms with van der Waals surface area (Å²) in [5, 5.41) is 9.53. The maximum atomic E-state index is 12.2. The first-order valence-electron chi connectivity index (χ1n) is 5.94. The van der Waals surface area contributed by atoms with Crippen molar-refractivity contribution in [2.24, 2.45) is 16.7 Å². The quantitative estimate of drug-likeness (QED) is 0.838. The Bertz CT molecular complexity index is 408. The third-order valence-electron chi connectivity index (χ3n) is 4.49. The lowest BCUT2D eigenvalue weighted by Gasteiger charge is -2.11. The predicted octanol–water partition coefficient (Wildman–Crippen LogP) is 1.66. The summed E-state index contributed by atoms with van der Waals surface area (Å²) in [6, 6.07) is -0.128. The van der Waals surface area contributed by atoms with Crippen molar-refractivity contribution in [2.45, 2.75) is 40.7 Å². The number of aromatic amines is 1. The Morgan fingerprint density at radius 3 is 2.41 bits per heavy atom. The molecule has 0 bridgehead atoms. The van der Waals surface area contributed by atoms with Gasteiger partial charge in [0.25, 0.3) is 0 Å². The van der Waals surface area contributed by atoms with E-state index in [2.05, 4.69) is 48.2 Å². The van der Waals surface area contributed by atoms with Crippen molar-refractivity contribution in [1.29, 1.82) is 0 Å². The third-order valence-corrected chi connectivity index (χ3v) is 4.49. The molecule has 5 nitrogen and oxygen atoms in total. The first-order chi connectivity index (χ1) is 7.78. The molecule has 1 fully saturated rings. The van der Waals surface area contributed by atoms with E-state index >= 15 is 0 Å². The van der Waals surface area contributed by atoms with Gasteiger partial charge in [-0.1, -0.05) is 27.7 Å². The molecule has 1 unspecified atom stereocenters. The van der Waals surface area contributed by atoms with Crippen LogP contribution in [0.15, 0.2) is 6.33 Å². The van der Waals surface area contributed by atoms with Gasteiger partial charge in [-0.2, -0.15) is 5.10 Å². The number of nitrogens with zero attached hydrogens (tertiary/aromatic N) is 2. The van der Waals surface area contributed by atoms with Crippen molar-refractivity contribution < 1.29 is 4.79 Å². The summed E-state index contributed by atoms with van der Waals surface area (Å²) in [6.07, 6.45) is 1.45. The molecule has 1 saturated carbocycles. The number of hydrogen-bond acceptors (Lipinski definition) is 3. The van der Waals surface area contributed by atoms with E-state index in [1.54, 1.807) is 0 Å². The molecule has 1 aromatic rings. The SMILES string of the molecule is CC(NC(=O)C1C(C)(C)C1(C)C)c1ncn[nH]1. The summed E-state index contributed by atoms with van der Waals surface area (Å²) >= 11 is 0. The van der Waals surface area contributed by atoms with Gasteiger partial charge in [0.05, 0.1) is 6.04 Å². The Balaban J connectivity index is 2.00. The van der Waals surface area contributed by atoms with Crippen LogP contribution in [0.25, 0.3) is 0 Å². The number of aromatic nitrogens is 3. The summed E-state index contributed by atoms with van der Waals surface area (Å²) in [5.41, 5.74) is 0.135. The zero-order valence-corrected chi connectivity index (χ0v) is 11.0. The van der Waals surface area contributed by atoms with Crippen LogP contribution in [0.1, 0.15) is 46.5 Å². The fourth-order valence-electron chi connectivity index (χ4n) is 2.64. The van der Waals surface area contributed by atoms with E-state index in [1.807, 2.05) is 6.92 Å². The Kier molecular flexibility index (Phi) is 2.52. The maximum absolute atomic E-state index is 12.2. The van der Waals surface area contributed by atoms with Crippen LogP contribution in [0.2, 0.25) is 0 Å². The van der Waals surface area contributed by atoms with Gasteiger partial charge in [-0.3, -0.25) is 9.89 Å². The van der Waals surface area contributed by atoms with Crippen LogP contribution in [0, 0.1) is 16.7 Å². The predicted molar refractivity (Wildman–Crippen MR) is 64.0 cm³/mol. The molecule has 2 N–H and O–H groups in total. The second-order valence-corrected chi connectivity index (χ2v) is 5.98. The molecule has 1 aromatic heterocycles. The highest BCUT2D eigenvalue weighted by molar-refractivity contribution is 5.84. The van der Waals surface area contributed by atoms with Crippen LogP contribution in [-0.4, -0.2) is 21.1 Å². The molecule has 1 aliphatic rings. The molecule has 1 atom stereocenters. The Morgan fingerprint density at radius 2 is 2.00 bits per heavy atom. The van der Waals surface area contributed by atoms with Gasteiger partial charge in [0.2, 0.25) is 5.91 Å². The average molecular weight is 236 g/mol. The summed E-state index contributed by atoms with van der Waals surface area (Å²) in [6.45, 7) is 10.4. The number of hydrogen-bond donors (Lipinski definition) is 2. The van der Waals surface area contributed by atoms with Crippen molar-refractivity contribution in [2.75, 3.05) is 0 Å². The first-order valence-corrected chi connectivity index (χ1v) is 5.94. The smallest absolute Gasteiger partial charge is 0.224 e. The zero-order valence-electron chi connectivity index (χ0n) is 11.0. The van der Waals surface area contributed by atoms with Gasteiger partial charge >= 0.3 is 0 Å². The molecule has 94 valence electrons. The van der Waals surface area contributed by atoms with E-state index in [4.69, 9.17) is 0 Å². The molecule has 1 amide bonds. The zero-order chi connectivity index (χ0) is 12.8. The summed E-state index contributed by atoms with van der Waals surface area (Å²) in [4.78, 5) is 16.2. The number of carbonyl (C=O) groups is 1. The van der Waals surface area contributed by atoms with Crippen molar-refractivity contribution in [3.8, 4) is 0 Å². The molecule has 17 heavy (non-hydrogen) atoms. The summed E-state index contributed by atoms with van der Waals surface area (Å²) in [7, 11) is 0. The lowest BCUT2D eigenvalue weighted by Crippen LogP contribution is -2.30. The number of amides is 1. The van der Waals surface area contributed by atoms with Crippen LogP contribution >= 0.6 is 0 Å². The van der Waals surface area contributed by atoms with Crippen LogP contribution in [-0.2, 0) is 4.79 Å². The monoisotopic (exact) mass is 236 g/mol. The van der Waals surface area contributed by atoms with Crippen LogP contribution in [0.4, 0.5) is 0 Å². The molecule has 0 saturated heterocycles. The highest BCUT2D eigenvalue weighted by Crippen LogP contribution is 2.68. The molecule has 5 heteroatoms. The first kappa shape index (κ1) is 12.1. The third kappa shape index (κ3) is 1.73. The Hall–Kier alpha value is -1.39. The van der Waals surface area contributed by atoms with E-state index in [1.165, 1.54) is 6.33 Å². The number of H-pyrrole nitrogens is 1. The van der Waals surface area contributed by atoms with Crippen LogP contribution in [0.5, 0.6) is 0 Å². The molecule has 0 aliphatic heterocycles. The lowest BCUT2D eigenvalue weighted by molar-refractivity contribution is -0.124. The summed E-state index contributed by atoms with van der Waals surface area (Å²) < 4.78 is 0. The van der Waals surface area contributed by atoms with Gasteiger partial charge in [0.15, 0.2) is 0 Å². The van der Waals surface area contributed by atoms with E-state index in [9.17, 15) is 4.79 Å². The van der Waals surface area contributed by atoms with E-state index in [0.717, 1.165) is 0 Å². The highest BCUT2D eigenvalue weighted by Gasteiger charge is 2.68. The van der Waals surface area contributed by atoms with E-state index < -0.39 is 0 Å². The number of carbonyl (C=O) groups excluding carboxylic acids is 1. The summed E-state index contributed by atoms with van der Waals surface area (Å²) in [5.74, 6) is 0.860. The second kappa shape index (κ2) is 3.55. The molecule has 0 radical (unpaired) electrons. The average Bonchev–Trinajstić information content (AvgIpc) is 2.60. The normalized spacial score (nSPS) is 23.1. The number of nitrogens with one attached hydrogen (secondary N) is 2. The fourth-order valence-corrected chi connectivity index (χ4v) is 2.64. The van der Waals surface area contributed by atoms with Gasteiger partial charge in [-0.25, -0.2) is 4.98 Å². The standard InChI is InChI=1S/C12H20N4O/c1-7(9-13-6-14-16-9)15-10(17)8-11(2,3)12(8,4)5/h6-8H,1-5H3,(H,15,17)(H,13,14,16). The van der Waals surface area contributed by atoms with Gasteiger partial charge in [0.1, 0.15) is 12.2 Å². The van der Waals surface area contributed by atoms with Gasteiger partial charge in [0, 0.05) is 5.92 Å². The second-order valence-electron chi connectivity index (χ2n) is 5.98. The minimum Gasteiger partial charge on any atom is -0.346 e. The van der Waals surface area contributed by atoms with Crippen LogP contribution in [0.3, 0.4) is 0 Å². The van der Waals surface area contributed by atoms with Crippen LogP contribution < -0.4 is 5.32 Å². The molecular formula is C12H20N4O. The fraction of sp³-hybridized carbons (Fsp3) is 0.750. The molecule has 2 rings (SSSR count). The lowest BCUT2D eigenvalue weighted by atomic mass is 10.0. The minimum absolute atomic E-state index is 0.0677. The highest BCUT2D eigenvalue weighted by atomic mass is 16.2. The van der Waals surface area contributed by atoms with Crippen molar-refractivity contribution in [1.82, 2.24) is 20.5 Å². The molecule has 0 aromatic carbocycles.